The van der Waals surface area contributed by atoms with Crippen molar-refractivity contribution in [2.45, 2.75) is 31.1 Å². The van der Waals surface area contributed by atoms with Crippen LogP contribution in [0, 0.1) is 17.2 Å². The Morgan fingerprint density at radius 2 is 1.76 bits per heavy atom. The van der Waals surface area contributed by atoms with Gasteiger partial charge in [0, 0.05) is 12.7 Å². The maximum absolute atomic E-state index is 11.3. The van der Waals surface area contributed by atoms with Crippen LogP contribution in [0.4, 0.5) is 0 Å². The first-order chi connectivity index (χ1) is 7.86. The first-order valence-corrected chi connectivity index (χ1v) is 7.42. The zero-order valence-electron chi connectivity index (χ0n) is 10.3. The monoisotopic (exact) mass is 251 g/mol. The predicted octanol–water partition coefficient (Wildman–Crippen LogP) is 2.74. The third kappa shape index (κ3) is 3.57. The van der Waals surface area contributed by atoms with Crippen molar-refractivity contribution in [2.75, 3.05) is 6.26 Å². The SMILES string of the molecule is CC(C)C(CC#N)c1ccc(S(C)(=O)=O)cc1. The van der Waals surface area contributed by atoms with Crippen LogP contribution in [-0.2, 0) is 9.84 Å². The molecule has 0 N–H and O–H groups in total. The second-order valence-corrected chi connectivity index (χ2v) is 6.57. The largest absolute Gasteiger partial charge is 0.224 e. The highest BCUT2D eigenvalue weighted by atomic mass is 32.2. The van der Waals surface area contributed by atoms with Crippen molar-refractivity contribution in [3.8, 4) is 6.07 Å². The fraction of sp³-hybridized carbons (Fsp3) is 0.462. The van der Waals surface area contributed by atoms with E-state index in [4.69, 9.17) is 5.26 Å². The second kappa shape index (κ2) is 5.33. The van der Waals surface area contributed by atoms with E-state index in [1.165, 1.54) is 6.26 Å². The van der Waals surface area contributed by atoms with Crippen molar-refractivity contribution >= 4 is 9.84 Å². The summed E-state index contributed by atoms with van der Waals surface area (Å²) in [6.07, 6.45) is 1.65. The molecule has 0 radical (unpaired) electrons. The summed E-state index contributed by atoms with van der Waals surface area (Å²) in [6, 6.07) is 9.00. The maximum Gasteiger partial charge on any atom is 0.175 e. The van der Waals surface area contributed by atoms with Gasteiger partial charge in [0.15, 0.2) is 9.84 Å². The molecule has 1 aromatic carbocycles. The molecule has 0 amide bonds. The van der Waals surface area contributed by atoms with Crippen LogP contribution in [0.3, 0.4) is 0 Å². The molecule has 0 bridgehead atoms. The molecule has 0 aliphatic carbocycles. The zero-order chi connectivity index (χ0) is 13.1. The molecular weight excluding hydrogens is 234 g/mol. The van der Waals surface area contributed by atoms with Gasteiger partial charge in [-0.25, -0.2) is 8.42 Å². The molecule has 0 fully saturated rings. The van der Waals surface area contributed by atoms with E-state index in [9.17, 15) is 8.42 Å². The molecule has 0 aromatic heterocycles. The number of rotatable bonds is 4. The third-order valence-electron chi connectivity index (χ3n) is 2.85. The average Bonchev–Trinajstić information content (AvgIpc) is 2.24. The van der Waals surface area contributed by atoms with E-state index in [0.29, 0.717) is 17.2 Å². The summed E-state index contributed by atoms with van der Waals surface area (Å²) >= 11 is 0. The summed E-state index contributed by atoms with van der Waals surface area (Å²) in [7, 11) is -3.14. The van der Waals surface area contributed by atoms with Gasteiger partial charge in [0.25, 0.3) is 0 Å². The molecular formula is C13H17NO2S. The van der Waals surface area contributed by atoms with Crippen molar-refractivity contribution < 1.29 is 8.42 Å². The first kappa shape index (κ1) is 13.7. The van der Waals surface area contributed by atoms with Gasteiger partial charge in [-0.05, 0) is 29.5 Å². The summed E-state index contributed by atoms with van der Waals surface area (Å²) in [6.45, 7) is 4.12. The minimum atomic E-state index is -3.14. The molecule has 0 spiro atoms. The minimum Gasteiger partial charge on any atom is -0.224 e. The molecule has 0 heterocycles. The highest BCUT2D eigenvalue weighted by Crippen LogP contribution is 2.28. The number of benzene rings is 1. The van der Waals surface area contributed by atoms with E-state index < -0.39 is 9.84 Å². The van der Waals surface area contributed by atoms with Gasteiger partial charge in [-0.2, -0.15) is 5.26 Å². The Bertz CT molecular complexity index is 509. The van der Waals surface area contributed by atoms with Crippen molar-refractivity contribution in [1.82, 2.24) is 0 Å². The maximum atomic E-state index is 11.3. The van der Waals surface area contributed by atoms with Crippen LogP contribution < -0.4 is 0 Å². The Hall–Kier alpha value is -1.34. The molecule has 1 rings (SSSR count). The summed E-state index contributed by atoms with van der Waals surface area (Å²) < 4.78 is 22.6. The van der Waals surface area contributed by atoms with E-state index in [1.807, 2.05) is 0 Å². The summed E-state index contributed by atoms with van der Waals surface area (Å²) in [4.78, 5) is 0.320. The predicted molar refractivity (Wildman–Crippen MR) is 67.4 cm³/mol. The van der Waals surface area contributed by atoms with Crippen molar-refractivity contribution in [3.05, 3.63) is 29.8 Å². The van der Waals surface area contributed by atoms with Crippen LogP contribution in [-0.4, -0.2) is 14.7 Å². The third-order valence-corrected chi connectivity index (χ3v) is 3.98. The Kier molecular flexibility index (Phi) is 4.30. The lowest BCUT2D eigenvalue weighted by molar-refractivity contribution is 0.506. The van der Waals surface area contributed by atoms with Gasteiger partial charge in [-0.3, -0.25) is 0 Å². The lowest BCUT2D eigenvalue weighted by Gasteiger charge is -2.18. The smallest absolute Gasteiger partial charge is 0.175 e. The fourth-order valence-corrected chi connectivity index (χ4v) is 2.43. The van der Waals surface area contributed by atoms with Crippen LogP contribution in [0.15, 0.2) is 29.2 Å². The Labute approximate surface area is 103 Å². The van der Waals surface area contributed by atoms with Gasteiger partial charge in [0.1, 0.15) is 0 Å². The van der Waals surface area contributed by atoms with E-state index in [0.717, 1.165) is 5.56 Å². The number of nitrogens with zero attached hydrogens (tertiary/aromatic N) is 1. The molecule has 1 atom stereocenters. The Morgan fingerprint density at radius 3 is 2.12 bits per heavy atom. The van der Waals surface area contributed by atoms with E-state index in [1.54, 1.807) is 24.3 Å². The highest BCUT2D eigenvalue weighted by Gasteiger charge is 2.16. The molecule has 1 unspecified atom stereocenters. The molecule has 3 nitrogen and oxygen atoms in total. The second-order valence-electron chi connectivity index (χ2n) is 4.55. The van der Waals surface area contributed by atoms with Gasteiger partial charge in [0.2, 0.25) is 0 Å². The summed E-state index contributed by atoms with van der Waals surface area (Å²) in [5, 5.41) is 8.78. The number of nitriles is 1. The van der Waals surface area contributed by atoms with Gasteiger partial charge < -0.3 is 0 Å². The molecule has 0 aliphatic heterocycles. The van der Waals surface area contributed by atoms with Gasteiger partial charge in [0.05, 0.1) is 11.0 Å². The van der Waals surface area contributed by atoms with Crippen LogP contribution in [0.1, 0.15) is 31.7 Å². The van der Waals surface area contributed by atoms with Crippen molar-refractivity contribution in [1.29, 1.82) is 5.26 Å². The lowest BCUT2D eigenvalue weighted by atomic mass is 9.86. The van der Waals surface area contributed by atoms with Crippen LogP contribution in [0.25, 0.3) is 0 Å². The Morgan fingerprint density at radius 1 is 1.24 bits per heavy atom. The van der Waals surface area contributed by atoms with E-state index in [-0.39, 0.29) is 5.92 Å². The van der Waals surface area contributed by atoms with Crippen LogP contribution in [0.5, 0.6) is 0 Å². The van der Waals surface area contributed by atoms with Gasteiger partial charge in [-0.15, -0.1) is 0 Å². The standard InChI is InChI=1S/C13H17NO2S/c1-10(2)13(8-9-14)11-4-6-12(7-5-11)17(3,15)16/h4-7,10,13H,8H2,1-3H3. The molecule has 4 heteroatoms. The summed E-state index contributed by atoms with van der Waals surface area (Å²) in [5.74, 6) is 0.521. The number of hydrogen-bond donors (Lipinski definition) is 0. The Balaban J connectivity index is 3.05. The van der Waals surface area contributed by atoms with Crippen LogP contribution >= 0.6 is 0 Å². The average molecular weight is 251 g/mol. The highest BCUT2D eigenvalue weighted by molar-refractivity contribution is 7.90. The van der Waals surface area contributed by atoms with Crippen LogP contribution in [0.2, 0.25) is 0 Å². The minimum absolute atomic E-state index is 0.161. The van der Waals surface area contributed by atoms with Gasteiger partial charge >= 0.3 is 0 Å². The number of hydrogen-bond acceptors (Lipinski definition) is 3. The van der Waals surface area contributed by atoms with Gasteiger partial charge in [-0.1, -0.05) is 26.0 Å². The normalized spacial score (nSPS) is 13.4. The molecule has 1 aromatic rings. The molecule has 0 saturated heterocycles. The summed E-state index contributed by atoms with van der Waals surface area (Å²) in [5.41, 5.74) is 1.02. The van der Waals surface area contributed by atoms with Crippen molar-refractivity contribution in [3.63, 3.8) is 0 Å². The molecule has 92 valence electrons. The molecule has 17 heavy (non-hydrogen) atoms. The fourth-order valence-electron chi connectivity index (χ4n) is 1.80. The lowest BCUT2D eigenvalue weighted by Crippen LogP contribution is -2.06. The quantitative estimate of drug-likeness (QED) is 0.826. The van der Waals surface area contributed by atoms with E-state index >= 15 is 0 Å². The van der Waals surface area contributed by atoms with E-state index in [2.05, 4.69) is 19.9 Å². The molecule has 0 saturated carbocycles. The zero-order valence-corrected chi connectivity index (χ0v) is 11.2. The topological polar surface area (TPSA) is 57.9 Å². The molecule has 0 aliphatic rings. The first-order valence-electron chi connectivity index (χ1n) is 5.53. The van der Waals surface area contributed by atoms with Crippen molar-refractivity contribution in [2.24, 2.45) is 5.92 Å². The number of sulfone groups is 1.